The van der Waals surface area contributed by atoms with E-state index in [1.54, 1.807) is 0 Å². The van der Waals surface area contributed by atoms with Crippen LogP contribution in [0.3, 0.4) is 0 Å². The first kappa shape index (κ1) is 15.7. The van der Waals surface area contributed by atoms with Gasteiger partial charge in [-0.2, -0.15) is 0 Å². The van der Waals surface area contributed by atoms with Crippen LogP contribution in [0.15, 0.2) is 17.5 Å². The van der Waals surface area contributed by atoms with Crippen LogP contribution in [0.4, 0.5) is 5.69 Å². The average molecular weight is 346 g/mol. The summed E-state index contributed by atoms with van der Waals surface area (Å²) in [6.45, 7) is 2.09. The van der Waals surface area contributed by atoms with E-state index in [1.165, 1.54) is 17.4 Å². The fraction of sp³-hybridized carbons (Fsp3) is 0.167. The van der Waals surface area contributed by atoms with Gasteiger partial charge >= 0.3 is 0 Å². The summed E-state index contributed by atoms with van der Waals surface area (Å²) in [6.07, 6.45) is 0. The minimum atomic E-state index is -0.686. The van der Waals surface area contributed by atoms with Crippen molar-refractivity contribution >= 4 is 46.1 Å². The van der Waals surface area contributed by atoms with Crippen molar-refractivity contribution in [3.8, 4) is 0 Å². The van der Waals surface area contributed by atoms with Crippen LogP contribution < -0.4 is 5.32 Å². The zero-order valence-corrected chi connectivity index (χ0v) is 13.1. The number of nitro groups is 1. The molecule has 21 heavy (non-hydrogen) atoms. The molecule has 2 aromatic rings. The zero-order valence-electron chi connectivity index (χ0n) is 10.7. The molecule has 0 fully saturated rings. The van der Waals surface area contributed by atoms with Gasteiger partial charge < -0.3 is 5.32 Å². The Hall–Kier alpha value is -1.70. The molecule has 0 aliphatic carbocycles. The lowest BCUT2D eigenvalue weighted by molar-refractivity contribution is -0.384. The number of amides is 1. The zero-order chi connectivity index (χ0) is 15.6. The predicted octanol–water partition coefficient (Wildman–Crippen LogP) is 3.60. The largest absolute Gasteiger partial charge is 0.346 e. The summed E-state index contributed by atoms with van der Waals surface area (Å²) in [7, 11) is 0. The van der Waals surface area contributed by atoms with Gasteiger partial charge in [-0.15, -0.1) is 11.3 Å². The van der Waals surface area contributed by atoms with E-state index in [-0.39, 0.29) is 22.2 Å². The van der Waals surface area contributed by atoms with Crippen LogP contribution >= 0.6 is 34.5 Å². The Kier molecular flexibility index (Phi) is 4.76. The van der Waals surface area contributed by atoms with Crippen LogP contribution in [0.1, 0.15) is 21.1 Å². The third-order valence-electron chi connectivity index (χ3n) is 2.56. The van der Waals surface area contributed by atoms with Crippen molar-refractivity contribution in [1.29, 1.82) is 0 Å². The molecular formula is C12H9Cl2N3O3S. The van der Waals surface area contributed by atoms with Gasteiger partial charge in [-0.1, -0.05) is 23.2 Å². The second-order valence-electron chi connectivity index (χ2n) is 4.09. The number of thiazole rings is 1. The van der Waals surface area contributed by atoms with E-state index in [0.29, 0.717) is 0 Å². The standard InChI is InChI=1S/C12H9Cl2N3O3S/c1-6-16-8(5-21-6)4-15-12(18)7-2-9(13)11(14)10(3-7)17(19)20/h2-3,5H,4H2,1H3,(H,15,18). The summed E-state index contributed by atoms with van der Waals surface area (Å²) >= 11 is 13.0. The number of hydrogen-bond donors (Lipinski definition) is 1. The predicted molar refractivity (Wildman–Crippen MR) is 81.1 cm³/mol. The summed E-state index contributed by atoms with van der Waals surface area (Å²) in [6, 6.07) is 2.38. The molecule has 1 aromatic carbocycles. The van der Waals surface area contributed by atoms with E-state index in [9.17, 15) is 14.9 Å². The molecule has 0 aliphatic rings. The monoisotopic (exact) mass is 345 g/mol. The highest BCUT2D eigenvalue weighted by Gasteiger charge is 2.20. The van der Waals surface area contributed by atoms with Crippen molar-refractivity contribution in [1.82, 2.24) is 10.3 Å². The van der Waals surface area contributed by atoms with Crippen molar-refractivity contribution in [3.05, 3.63) is 53.9 Å². The second-order valence-corrected chi connectivity index (χ2v) is 5.94. The van der Waals surface area contributed by atoms with Gasteiger partial charge in [-0.25, -0.2) is 4.98 Å². The first-order valence-electron chi connectivity index (χ1n) is 5.71. The van der Waals surface area contributed by atoms with Gasteiger partial charge in [0, 0.05) is 17.0 Å². The highest BCUT2D eigenvalue weighted by Crippen LogP contribution is 2.33. The number of halogens is 2. The SMILES string of the molecule is Cc1nc(CNC(=O)c2cc(Cl)c(Cl)c([N+](=O)[O-])c2)cs1. The van der Waals surface area contributed by atoms with Gasteiger partial charge in [0.2, 0.25) is 0 Å². The maximum atomic E-state index is 12.0. The number of nitro benzene ring substituents is 1. The van der Waals surface area contributed by atoms with E-state index in [0.717, 1.165) is 16.8 Å². The number of aromatic nitrogens is 1. The lowest BCUT2D eigenvalue weighted by Gasteiger charge is -2.05. The fourth-order valence-corrected chi connectivity index (χ4v) is 2.61. The number of nitrogens with one attached hydrogen (secondary N) is 1. The van der Waals surface area contributed by atoms with Crippen LogP contribution in [0.25, 0.3) is 0 Å². The van der Waals surface area contributed by atoms with Gasteiger partial charge in [0.1, 0.15) is 5.02 Å². The number of benzene rings is 1. The molecule has 1 heterocycles. The van der Waals surface area contributed by atoms with Crippen molar-refractivity contribution in [2.24, 2.45) is 0 Å². The van der Waals surface area contributed by atoms with Crippen molar-refractivity contribution < 1.29 is 9.72 Å². The summed E-state index contributed by atoms with van der Waals surface area (Å²) in [5.41, 5.74) is 0.391. The number of hydrogen-bond acceptors (Lipinski definition) is 5. The summed E-state index contributed by atoms with van der Waals surface area (Å²) in [5.74, 6) is -0.484. The van der Waals surface area contributed by atoms with Crippen LogP contribution in [-0.2, 0) is 6.54 Å². The number of rotatable bonds is 4. The van der Waals surface area contributed by atoms with Crippen LogP contribution in [0.2, 0.25) is 10.0 Å². The Morgan fingerprint density at radius 3 is 2.76 bits per heavy atom. The number of carbonyl (C=O) groups is 1. The average Bonchev–Trinajstić information content (AvgIpc) is 2.84. The Morgan fingerprint density at radius 1 is 1.48 bits per heavy atom. The van der Waals surface area contributed by atoms with Crippen molar-refractivity contribution in [2.75, 3.05) is 0 Å². The lowest BCUT2D eigenvalue weighted by atomic mass is 10.2. The lowest BCUT2D eigenvalue weighted by Crippen LogP contribution is -2.23. The minimum absolute atomic E-state index is 0.0412. The number of carbonyl (C=O) groups excluding carboxylic acids is 1. The number of nitrogens with zero attached hydrogens (tertiary/aromatic N) is 2. The van der Waals surface area contributed by atoms with E-state index >= 15 is 0 Å². The maximum absolute atomic E-state index is 12.0. The molecule has 9 heteroatoms. The third-order valence-corrected chi connectivity index (χ3v) is 4.18. The molecule has 0 radical (unpaired) electrons. The van der Waals surface area contributed by atoms with E-state index in [1.807, 2.05) is 12.3 Å². The normalized spacial score (nSPS) is 10.4. The number of aryl methyl sites for hydroxylation is 1. The van der Waals surface area contributed by atoms with E-state index in [2.05, 4.69) is 10.3 Å². The van der Waals surface area contributed by atoms with Gasteiger partial charge in [-0.3, -0.25) is 14.9 Å². The maximum Gasteiger partial charge on any atom is 0.290 e. The smallest absolute Gasteiger partial charge is 0.290 e. The van der Waals surface area contributed by atoms with Crippen molar-refractivity contribution in [2.45, 2.75) is 13.5 Å². The summed E-state index contributed by atoms with van der Waals surface area (Å²) in [4.78, 5) is 26.4. The highest BCUT2D eigenvalue weighted by molar-refractivity contribution is 7.09. The molecular weight excluding hydrogens is 337 g/mol. The summed E-state index contributed by atoms with van der Waals surface area (Å²) < 4.78 is 0. The molecule has 1 amide bonds. The molecule has 2 rings (SSSR count). The first-order valence-corrected chi connectivity index (χ1v) is 7.34. The Bertz CT molecular complexity index is 718. The van der Waals surface area contributed by atoms with Gasteiger partial charge in [0.25, 0.3) is 11.6 Å². The Labute approximate surface area is 133 Å². The molecule has 0 saturated heterocycles. The highest BCUT2D eigenvalue weighted by atomic mass is 35.5. The molecule has 0 atom stereocenters. The molecule has 0 saturated carbocycles. The molecule has 110 valence electrons. The minimum Gasteiger partial charge on any atom is -0.346 e. The van der Waals surface area contributed by atoms with Crippen LogP contribution in [0, 0.1) is 17.0 Å². The van der Waals surface area contributed by atoms with Crippen LogP contribution in [-0.4, -0.2) is 15.8 Å². The Morgan fingerprint density at radius 2 is 2.19 bits per heavy atom. The van der Waals surface area contributed by atoms with Crippen molar-refractivity contribution in [3.63, 3.8) is 0 Å². The van der Waals surface area contributed by atoms with E-state index in [4.69, 9.17) is 23.2 Å². The fourth-order valence-electron chi connectivity index (χ4n) is 1.60. The Balaban J connectivity index is 2.17. The molecule has 0 spiro atoms. The van der Waals surface area contributed by atoms with E-state index < -0.39 is 16.5 Å². The molecule has 1 aromatic heterocycles. The summed E-state index contributed by atoms with van der Waals surface area (Å²) in [5, 5.41) is 16.0. The third kappa shape index (κ3) is 3.69. The topological polar surface area (TPSA) is 85.1 Å². The molecule has 0 aliphatic heterocycles. The molecule has 6 nitrogen and oxygen atoms in total. The first-order chi connectivity index (χ1) is 9.88. The quantitative estimate of drug-likeness (QED) is 0.677. The second kappa shape index (κ2) is 6.38. The van der Waals surface area contributed by atoms with Crippen LogP contribution in [0.5, 0.6) is 0 Å². The molecule has 0 unspecified atom stereocenters. The van der Waals surface area contributed by atoms with Gasteiger partial charge in [0.05, 0.1) is 27.2 Å². The van der Waals surface area contributed by atoms with Gasteiger partial charge in [0.15, 0.2) is 0 Å². The van der Waals surface area contributed by atoms with Gasteiger partial charge in [-0.05, 0) is 13.0 Å². The molecule has 1 N–H and O–H groups in total. The molecule has 0 bridgehead atoms.